The average Bonchev–Trinajstić information content (AvgIpc) is 2.42. The van der Waals surface area contributed by atoms with Crippen LogP contribution in [0.4, 0.5) is 61.5 Å². The van der Waals surface area contributed by atoms with Crippen molar-refractivity contribution in [3.63, 3.8) is 0 Å². The lowest BCUT2D eigenvalue weighted by molar-refractivity contribution is -0.557. The van der Waals surface area contributed by atoms with Crippen molar-refractivity contribution >= 4 is 6.04 Å². The third-order valence-corrected chi connectivity index (χ3v) is 2.23. The van der Waals surface area contributed by atoms with E-state index in [1.807, 2.05) is 0 Å². The minimum atomic E-state index is -7.45. The Balaban J connectivity index is 6.58. The largest absolute Gasteiger partial charge is 0.527 e. The Morgan fingerprint density at radius 1 is 0.714 bits per heavy atom. The highest BCUT2D eigenvalue weighted by Crippen LogP contribution is 2.53. The van der Waals surface area contributed by atoms with Crippen LogP contribution in [0.1, 0.15) is 0 Å². The van der Waals surface area contributed by atoms with Gasteiger partial charge in [-0.2, -0.15) is 48.3 Å². The molecule has 164 valence electrons. The first-order valence-corrected chi connectivity index (χ1v) is 5.68. The van der Waals surface area contributed by atoms with Crippen molar-refractivity contribution in [3.8, 4) is 0 Å². The van der Waals surface area contributed by atoms with Crippen LogP contribution >= 0.6 is 0 Å². The molecule has 28 heavy (non-hydrogen) atoms. The molecule has 0 spiro atoms. The zero-order valence-corrected chi connectivity index (χ0v) is 12.1. The molecule has 0 aliphatic heterocycles. The topological polar surface area (TPSA) is 44.8 Å². The first-order chi connectivity index (χ1) is 12.1. The Morgan fingerprint density at radius 3 is 1.46 bits per heavy atom. The summed E-state index contributed by atoms with van der Waals surface area (Å²) < 4.78 is 184. The fourth-order valence-corrected chi connectivity index (χ4v) is 1.07. The number of hydrogen-bond acceptors (Lipinski definition) is 4. The Labute approximate surface area is 142 Å². The van der Waals surface area contributed by atoms with Crippen molar-refractivity contribution in [2.24, 2.45) is 0 Å². The summed E-state index contributed by atoms with van der Waals surface area (Å²) in [6.07, 6.45) is -28.6. The molecule has 0 radical (unpaired) electrons. The number of hydrogen-bond donors (Lipinski definition) is 0. The van der Waals surface area contributed by atoms with Gasteiger partial charge < -0.3 is 4.74 Å². The molecule has 0 aliphatic carbocycles. The maximum Gasteiger partial charge on any atom is 0.527 e. The lowest BCUT2D eigenvalue weighted by Crippen LogP contribution is -2.66. The van der Waals surface area contributed by atoms with Crippen molar-refractivity contribution in [1.82, 2.24) is 0 Å². The van der Waals surface area contributed by atoms with Gasteiger partial charge in [0.2, 0.25) is 0 Å². The second-order valence-corrected chi connectivity index (χ2v) is 4.20. The van der Waals surface area contributed by atoms with E-state index in [4.69, 9.17) is 0 Å². The minimum Gasteiger partial charge on any atom is -0.395 e. The van der Waals surface area contributed by atoms with Gasteiger partial charge in [0.05, 0.1) is 0 Å². The lowest BCUT2D eigenvalue weighted by atomic mass is 10.2. The van der Waals surface area contributed by atoms with Gasteiger partial charge in [-0.1, -0.05) is 12.3 Å². The Bertz CT molecular complexity index is 649. The van der Waals surface area contributed by atoms with Gasteiger partial charge in [0, 0.05) is 0 Å². The molecular formula is C10H2F14O4. The van der Waals surface area contributed by atoms with Crippen LogP contribution in [0.5, 0.6) is 0 Å². The lowest BCUT2D eigenvalue weighted by Gasteiger charge is -2.38. The summed E-state index contributed by atoms with van der Waals surface area (Å²) in [4.78, 5) is 9.75. The van der Waals surface area contributed by atoms with Crippen molar-refractivity contribution in [3.05, 3.63) is 18.3 Å². The van der Waals surface area contributed by atoms with Gasteiger partial charge >= 0.3 is 48.5 Å². The molecule has 18 heteroatoms. The number of carbonyl (C=O) groups is 1. The normalized spacial score (nSPS) is 16.2. The first-order valence-electron chi connectivity index (χ1n) is 5.68. The Kier molecular flexibility index (Phi) is 6.85. The molecule has 0 rings (SSSR count). The molecular weight excluding hydrogens is 450 g/mol. The standard InChI is InChI=1S/C10H2F14O4/c1-2-3(11)26-8(18,19)6(15,9(20,21)28-10(22,23)24)27-7(16,17)5(13,14)4(12)25/h1H2. The van der Waals surface area contributed by atoms with Crippen LogP contribution in [0.2, 0.25) is 0 Å². The number of halogens is 14. The van der Waals surface area contributed by atoms with Gasteiger partial charge in [-0.25, -0.2) is 4.74 Å². The molecule has 0 aromatic rings. The van der Waals surface area contributed by atoms with Gasteiger partial charge in [-0.05, 0) is 0 Å². The third kappa shape index (κ3) is 5.05. The summed E-state index contributed by atoms with van der Waals surface area (Å²) in [7, 11) is 0. The van der Waals surface area contributed by atoms with Gasteiger partial charge in [0.15, 0.2) is 0 Å². The quantitative estimate of drug-likeness (QED) is 0.220. The van der Waals surface area contributed by atoms with E-state index < -0.39 is 48.5 Å². The molecule has 0 saturated heterocycles. The van der Waals surface area contributed by atoms with E-state index >= 15 is 0 Å². The smallest absolute Gasteiger partial charge is 0.395 e. The summed E-state index contributed by atoms with van der Waals surface area (Å²) in [5.74, 6) is -14.4. The Hall–Kier alpha value is -2.07. The highest BCUT2D eigenvalue weighted by Gasteiger charge is 2.83. The highest BCUT2D eigenvalue weighted by molar-refractivity contribution is 5.77. The predicted molar refractivity (Wildman–Crippen MR) is 52.8 cm³/mol. The van der Waals surface area contributed by atoms with E-state index in [1.165, 1.54) is 4.74 Å². The van der Waals surface area contributed by atoms with Crippen molar-refractivity contribution in [1.29, 1.82) is 0 Å². The number of rotatable bonds is 9. The van der Waals surface area contributed by atoms with Gasteiger partial charge in [-0.15, -0.1) is 13.2 Å². The zero-order valence-electron chi connectivity index (χ0n) is 12.1. The van der Waals surface area contributed by atoms with E-state index in [1.54, 1.807) is 4.74 Å². The third-order valence-electron chi connectivity index (χ3n) is 2.23. The number of ether oxygens (including phenoxy) is 3. The highest BCUT2D eigenvalue weighted by atomic mass is 19.4. The average molecular weight is 452 g/mol. The van der Waals surface area contributed by atoms with Crippen LogP contribution < -0.4 is 0 Å². The number of carbonyl (C=O) groups excluding carboxylic acids is 1. The second-order valence-electron chi connectivity index (χ2n) is 4.20. The van der Waals surface area contributed by atoms with Crippen molar-refractivity contribution in [2.75, 3.05) is 0 Å². The fourth-order valence-electron chi connectivity index (χ4n) is 1.07. The summed E-state index contributed by atoms with van der Waals surface area (Å²) in [5.41, 5.74) is 0.622. The van der Waals surface area contributed by atoms with Gasteiger partial charge in [-0.3, -0.25) is 9.53 Å². The Morgan fingerprint density at radius 2 is 1.14 bits per heavy atom. The molecule has 0 bridgehead atoms. The molecule has 1 atom stereocenters. The van der Waals surface area contributed by atoms with Gasteiger partial charge in [0.25, 0.3) is 0 Å². The molecule has 0 fully saturated rings. The summed E-state index contributed by atoms with van der Waals surface area (Å²) in [6, 6.07) is -7.50. The minimum absolute atomic E-state index is 0.622. The second kappa shape index (κ2) is 7.40. The van der Waals surface area contributed by atoms with Gasteiger partial charge in [0.1, 0.15) is 0 Å². The van der Waals surface area contributed by atoms with E-state index in [9.17, 15) is 66.3 Å². The summed E-state index contributed by atoms with van der Waals surface area (Å²) in [6.45, 7) is 2.17. The van der Waals surface area contributed by atoms with Crippen LogP contribution in [0, 0.1) is 0 Å². The SMILES string of the molecule is C=C=C(F)OC(F)(F)C(F)(OC(F)(F)C(F)(F)C(=O)F)C(F)(F)OC(F)(F)F. The van der Waals surface area contributed by atoms with Crippen LogP contribution in [-0.4, -0.2) is 42.5 Å². The molecule has 0 aromatic carbocycles. The zero-order chi connectivity index (χ0) is 23.0. The van der Waals surface area contributed by atoms with Crippen LogP contribution in [-0.2, 0) is 19.0 Å². The molecule has 0 aliphatic rings. The summed E-state index contributed by atoms with van der Waals surface area (Å²) in [5, 5.41) is 0. The number of alkyl halides is 12. The van der Waals surface area contributed by atoms with Crippen molar-refractivity contribution < 1.29 is 80.5 Å². The van der Waals surface area contributed by atoms with Crippen LogP contribution in [0.3, 0.4) is 0 Å². The monoisotopic (exact) mass is 452 g/mol. The molecule has 0 aromatic heterocycles. The molecule has 0 heterocycles. The van der Waals surface area contributed by atoms with E-state index in [-0.39, 0.29) is 0 Å². The van der Waals surface area contributed by atoms with E-state index in [0.29, 0.717) is 5.73 Å². The van der Waals surface area contributed by atoms with Crippen molar-refractivity contribution in [2.45, 2.75) is 36.5 Å². The predicted octanol–water partition coefficient (Wildman–Crippen LogP) is 4.73. The van der Waals surface area contributed by atoms with Crippen LogP contribution in [0.25, 0.3) is 0 Å². The van der Waals surface area contributed by atoms with Crippen LogP contribution in [0.15, 0.2) is 18.3 Å². The molecule has 0 amide bonds. The fraction of sp³-hybridized carbons (Fsp3) is 0.600. The molecule has 4 nitrogen and oxygen atoms in total. The van der Waals surface area contributed by atoms with E-state index in [0.717, 1.165) is 0 Å². The molecule has 0 N–H and O–H groups in total. The summed E-state index contributed by atoms with van der Waals surface area (Å²) >= 11 is 0. The molecule has 1 unspecified atom stereocenters. The van der Waals surface area contributed by atoms with E-state index in [2.05, 4.69) is 11.3 Å². The maximum atomic E-state index is 13.9. The molecule has 0 saturated carbocycles. The first kappa shape index (κ1) is 25.9. The maximum absolute atomic E-state index is 13.9.